The number of esters is 1. The molecule has 0 saturated carbocycles. The summed E-state index contributed by atoms with van der Waals surface area (Å²) in [6.07, 6.45) is 1.80. The lowest BCUT2D eigenvalue weighted by atomic mass is 9.90. The van der Waals surface area contributed by atoms with E-state index < -0.39 is 23.6 Å². The Labute approximate surface area is 177 Å². The molecule has 0 bridgehead atoms. The van der Waals surface area contributed by atoms with Crippen molar-refractivity contribution in [1.82, 2.24) is 4.90 Å². The summed E-state index contributed by atoms with van der Waals surface area (Å²) in [4.78, 5) is 29.9. The number of benzene rings is 1. The van der Waals surface area contributed by atoms with Crippen LogP contribution in [0.1, 0.15) is 13.8 Å². The number of piperazine rings is 1. The molecule has 1 saturated heterocycles. The molecule has 1 fully saturated rings. The number of aliphatic hydroxyl groups excluding tert-OH is 1. The number of anilines is 1. The number of halogens is 1. The topological polar surface area (TPSA) is 79.3 Å². The minimum atomic E-state index is -1.27. The first-order valence-electron chi connectivity index (χ1n) is 9.58. The van der Waals surface area contributed by atoms with Crippen molar-refractivity contribution in [2.24, 2.45) is 5.92 Å². The first-order chi connectivity index (χ1) is 13.8. The Balaban J connectivity index is 1.55. The average Bonchev–Trinajstić information content (AvgIpc) is 2.96. The zero-order valence-electron chi connectivity index (χ0n) is 16.3. The Hall–Kier alpha value is -2.32. The number of nitrogens with zero attached hydrogens (tertiary/aromatic N) is 2. The van der Waals surface area contributed by atoms with Crippen LogP contribution < -0.4 is 4.90 Å². The lowest BCUT2D eigenvalue weighted by Crippen LogP contribution is -2.53. The summed E-state index contributed by atoms with van der Waals surface area (Å²) in [5, 5.41) is 10.4. The number of ketones is 1. The first kappa shape index (κ1) is 20.0. The van der Waals surface area contributed by atoms with Gasteiger partial charge in [-0.05, 0) is 34.1 Å². The van der Waals surface area contributed by atoms with Crippen LogP contribution in [0.3, 0.4) is 0 Å². The van der Waals surface area contributed by atoms with Crippen molar-refractivity contribution < 1.29 is 24.2 Å². The quantitative estimate of drug-likeness (QED) is 0.691. The van der Waals surface area contributed by atoms with Gasteiger partial charge in [0, 0.05) is 51.8 Å². The van der Waals surface area contributed by atoms with Crippen LogP contribution in [0.15, 0.2) is 52.4 Å². The maximum absolute atomic E-state index is 12.8. The third-order valence-corrected chi connectivity index (χ3v) is 6.13. The first-order valence-corrected chi connectivity index (χ1v) is 10.4. The van der Waals surface area contributed by atoms with Crippen LogP contribution in [0.4, 0.5) is 5.69 Å². The molecule has 7 nitrogen and oxygen atoms in total. The van der Waals surface area contributed by atoms with Crippen LogP contribution in [-0.2, 0) is 19.1 Å². The van der Waals surface area contributed by atoms with Gasteiger partial charge in [-0.25, -0.2) is 4.79 Å². The molecule has 0 radical (unpaired) electrons. The second-order valence-corrected chi connectivity index (χ2v) is 8.67. The van der Waals surface area contributed by atoms with Crippen LogP contribution in [-0.4, -0.2) is 59.8 Å². The predicted octanol–water partition coefficient (Wildman–Crippen LogP) is 2.73. The second kappa shape index (κ2) is 7.50. The number of hydrogen-bond acceptors (Lipinski definition) is 7. The zero-order valence-corrected chi connectivity index (χ0v) is 17.9. The van der Waals surface area contributed by atoms with Crippen LogP contribution in [0.2, 0.25) is 0 Å². The van der Waals surface area contributed by atoms with Gasteiger partial charge in [0.05, 0.1) is 10.4 Å². The normalized spacial score (nSPS) is 27.6. The number of carbonyl (C=O) groups excluding carboxylic acids is 2. The Morgan fingerprint density at radius 3 is 2.34 bits per heavy atom. The Morgan fingerprint density at radius 1 is 1.07 bits per heavy atom. The molecular weight excluding hydrogens is 440 g/mol. The Bertz CT molecular complexity index is 888. The number of cyclic esters (lactones) is 1. The number of para-hydroxylation sites is 1. The lowest BCUT2D eigenvalue weighted by molar-refractivity contribution is -0.223. The van der Waals surface area contributed by atoms with E-state index in [0.717, 1.165) is 31.9 Å². The molecule has 1 aromatic rings. The maximum Gasteiger partial charge on any atom is 0.345 e. The van der Waals surface area contributed by atoms with Crippen LogP contribution >= 0.6 is 15.9 Å². The van der Waals surface area contributed by atoms with E-state index in [0.29, 0.717) is 4.48 Å². The van der Waals surface area contributed by atoms with E-state index >= 15 is 0 Å². The van der Waals surface area contributed by atoms with Crippen LogP contribution in [0.5, 0.6) is 0 Å². The molecule has 1 aromatic carbocycles. The third-order valence-electron chi connectivity index (χ3n) is 5.48. The average molecular weight is 463 g/mol. The van der Waals surface area contributed by atoms with Crippen LogP contribution in [0, 0.1) is 5.92 Å². The minimum absolute atomic E-state index is 0.115. The molecule has 2 heterocycles. The number of carbonyl (C=O) groups is 2. The SMILES string of the molecule is CC1(C)OC(=O)C(C2C(=O)C(Br)=CC2N2CCN(c3ccccc3)CC2)=C(O)O1. The maximum atomic E-state index is 12.8. The van der Waals surface area contributed by atoms with Gasteiger partial charge < -0.3 is 19.5 Å². The summed E-state index contributed by atoms with van der Waals surface area (Å²) in [6, 6.07) is 9.81. The van der Waals surface area contributed by atoms with E-state index in [-0.39, 0.29) is 17.4 Å². The fourth-order valence-electron chi connectivity index (χ4n) is 4.10. The highest BCUT2D eigenvalue weighted by molar-refractivity contribution is 9.12. The molecule has 0 amide bonds. The van der Waals surface area contributed by atoms with Crippen molar-refractivity contribution >= 4 is 33.4 Å². The molecule has 154 valence electrons. The van der Waals surface area contributed by atoms with E-state index in [1.807, 2.05) is 18.2 Å². The highest BCUT2D eigenvalue weighted by atomic mass is 79.9. The monoisotopic (exact) mass is 462 g/mol. The van der Waals surface area contributed by atoms with Gasteiger partial charge in [-0.2, -0.15) is 0 Å². The van der Waals surface area contributed by atoms with Gasteiger partial charge in [0.1, 0.15) is 5.57 Å². The molecular formula is C21H23BrN2O5. The third kappa shape index (κ3) is 3.79. The van der Waals surface area contributed by atoms with E-state index in [9.17, 15) is 14.7 Å². The lowest BCUT2D eigenvalue weighted by Gasteiger charge is -2.41. The van der Waals surface area contributed by atoms with Crippen LogP contribution in [0.25, 0.3) is 0 Å². The van der Waals surface area contributed by atoms with Gasteiger partial charge in [0.15, 0.2) is 5.78 Å². The van der Waals surface area contributed by atoms with Crippen molar-refractivity contribution in [3.63, 3.8) is 0 Å². The summed E-state index contributed by atoms with van der Waals surface area (Å²) in [5.74, 6) is -3.65. The molecule has 2 aliphatic heterocycles. The molecule has 1 N–H and O–H groups in total. The molecule has 2 atom stereocenters. The van der Waals surface area contributed by atoms with E-state index in [4.69, 9.17) is 9.47 Å². The predicted molar refractivity (Wildman–Crippen MR) is 110 cm³/mol. The summed E-state index contributed by atoms with van der Waals surface area (Å²) < 4.78 is 11.0. The standard InChI is InChI=1S/C21H23BrN2O5/c1-21(2)28-19(26)17(20(27)29-21)16-15(12-14(22)18(16)25)24-10-8-23(9-11-24)13-6-4-3-5-7-13/h3-7,12,15-16,26H,8-11H2,1-2H3. The number of hydrogen-bond donors (Lipinski definition) is 1. The highest BCUT2D eigenvalue weighted by Gasteiger charge is 2.49. The molecule has 3 aliphatic rings. The van der Waals surface area contributed by atoms with Crippen molar-refractivity contribution in [3.8, 4) is 0 Å². The van der Waals surface area contributed by atoms with Gasteiger partial charge in [-0.1, -0.05) is 18.2 Å². The van der Waals surface area contributed by atoms with Crippen molar-refractivity contribution in [3.05, 3.63) is 52.4 Å². The van der Waals surface area contributed by atoms with E-state index in [1.165, 1.54) is 13.8 Å². The number of rotatable bonds is 3. The largest absolute Gasteiger partial charge is 0.480 e. The van der Waals surface area contributed by atoms with Gasteiger partial charge in [0.2, 0.25) is 0 Å². The summed E-state index contributed by atoms with van der Waals surface area (Å²) in [6.45, 7) is 6.09. The van der Waals surface area contributed by atoms with Crippen molar-refractivity contribution in [2.45, 2.75) is 25.7 Å². The summed E-state index contributed by atoms with van der Waals surface area (Å²) in [5.41, 5.74) is 1.05. The minimum Gasteiger partial charge on any atom is -0.480 e. The molecule has 0 aromatic heterocycles. The highest BCUT2D eigenvalue weighted by Crippen LogP contribution is 2.39. The fraction of sp³-hybridized carbons (Fsp3) is 0.429. The number of Topliss-reactive ketones (excluding diaryl/α,β-unsaturated/α-hetero) is 1. The zero-order chi connectivity index (χ0) is 20.8. The summed E-state index contributed by atoms with van der Waals surface area (Å²) in [7, 11) is 0. The Kier molecular flexibility index (Phi) is 5.16. The molecule has 1 aliphatic carbocycles. The molecule has 29 heavy (non-hydrogen) atoms. The molecule has 2 unspecified atom stereocenters. The van der Waals surface area contributed by atoms with Gasteiger partial charge >= 0.3 is 5.97 Å². The van der Waals surface area contributed by atoms with Gasteiger partial charge in [0.25, 0.3) is 11.7 Å². The smallest absolute Gasteiger partial charge is 0.345 e. The molecule has 0 spiro atoms. The summed E-state index contributed by atoms with van der Waals surface area (Å²) >= 11 is 3.31. The van der Waals surface area contributed by atoms with Crippen molar-refractivity contribution in [1.29, 1.82) is 0 Å². The molecule has 4 rings (SSSR count). The number of allylic oxidation sites excluding steroid dienone is 1. The molecule has 8 heteroatoms. The number of ether oxygens (including phenoxy) is 2. The Morgan fingerprint density at radius 2 is 1.72 bits per heavy atom. The van der Waals surface area contributed by atoms with Crippen molar-refractivity contribution in [2.75, 3.05) is 31.1 Å². The van der Waals surface area contributed by atoms with E-state index in [1.54, 1.807) is 6.08 Å². The second-order valence-electron chi connectivity index (χ2n) is 7.82. The van der Waals surface area contributed by atoms with E-state index in [2.05, 4.69) is 37.9 Å². The van der Waals surface area contributed by atoms with Gasteiger partial charge in [-0.15, -0.1) is 0 Å². The number of aliphatic hydroxyl groups is 1. The fourth-order valence-corrected chi connectivity index (χ4v) is 4.62. The van der Waals surface area contributed by atoms with Gasteiger partial charge in [-0.3, -0.25) is 9.69 Å².